The third kappa shape index (κ3) is 4.25. The molecule has 0 saturated heterocycles. The molecule has 4 aromatic rings. The molecular formula is C25H26N2O. The fourth-order valence-corrected chi connectivity index (χ4v) is 3.74. The van der Waals surface area contributed by atoms with Gasteiger partial charge in [0, 0.05) is 6.42 Å². The number of nitrogens with zero attached hydrogens (tertiary/aromatic N) is 2. The number of ether oxygens (including phenoxy) is 1. The van der Waals surface area contributed by atoms with Crippen LogP contribution in [0.15, 0.2) is 72.8 Å². The summed E-state index contributed by atoms with van der Waals surface area (Å²) in [6.45, 7) is 5.62. The molecule has 0 fully saturated rings. The van der Waals surface area contributed by atoms with Crippen molar-refractivity contribution in [2.75, 3.05) is 6.61 Å². The summed E-state index contributed by atoms with van der Waals surface area (Å²) >= 11 is 0. The van der Waals surface area contributed by atoms with Crippen molar-refractivity contribution in [3.05, 3.63) is 95.3 Å². The minimum absolute atomic E-state index is 0.627. The fraction of sp³-hybridized carbons (Fsp3) is 0.240. The van der Waals surface area contributed by atoms with Crippen molar-refractivity contribution in [1.82, 2.24) is 9.55 Å². The first-order valence-electron chi connectivity index (χ1n) is 9.88. The van der Waals surface area contributed by atoms with Crippen molar-refractivity contribution in [1.29, 1.82) is 0 Å². The molecule has 28 heavy (non-hydrogen) atoms. The summed E-state index contributed by atoms with van der Waals surface area (Å²) in [4.78, 5) is 4.89. The van der Waals surface area contributed by atoms with E-state index in [4.69, 9.17) is 9.72 Å². The van der Waals surface area contributed by atoms with Gasteiger partial charge in [-0.2, -0.15) is 0 Å². The monoisotopic (exact) mass is 370 g/mol. The minimum atomic E-state index is 0.627. The Balaban J connectivity index is 1.51. The molecule has 0 unspecified atom stereocenters. The molecule has 0 bridgehead atoms. The molecule has 3 nitrogen and oxygen atoms in total. The number of imidazole rings is 1. The zero-order valence-corrected chi connectivity index (χ0v) is 16.6. The van der Waals surface area contributed by atoms with Gasteiger partial charge in [-0.3, -0.25) is 0 Å². The molecule has 0 N–H and O–H groups in total. The van der Waals surface area contributed by atoms with Crippen LogP contribution >= 0.6 is 0 Å². The van der Waals surface area contributed by atoms with Crippen molar-refractivity contribution in [3.8, 4) is 5.75 Å². The lowest BCUT2D eigenvalue weighted by molar-refractivity contribution is 0.298. The molecule has 0 aliphatic rings. The maximum atomic E-state index is 6.06. The molecule has 0 aliphatic carbocycles. The zero-order chi connectivity index (χ0) is 19.3. The summed E-state index contributed by atoms with van der Waals surface area (Å²) in [7, 11) is 0. The zero-order valence-electron chi connectivity index (χ0n) is 16.6. The van der Waals surface area contributed by atoms with Gasteiger partial charge in [0.05, 0.1) is 17.6 Å². The summed E-state index contributed by atoms with van der Waals surface area (Å²) in [6, 6.07) is 25.3. The number of aryl methyl sites for hydroxylation is 4. The summed E-state index contributed by atoms with van der Waals surface area (Å²) in [6.07, 6.45) is 1.91. The maximum absolute atomic E-state index is 6.06. The Labute approximate surface area is 166 Å². The average molecular weight is 370 g/mol. The molecule has 0 atom stereocenters. The van der Waals surface area contributed by atoms with Crippen molar-refractivity contribution in [2.45, 2.75) is 33.2 Å². The molecule has 1 heterocycles. The van der Waals surface area contributed by atoms with Gasteiger partial charge >= 0.3 is 0 Å². The van der Waals surface area contributed by atoms with Crippen LogP contribution in [0.1, 0.15) is 22.5 Å². The van der Waals surface area contributed by atoms with Crippen LogP contribution in [0.4, 0.5) is 0 Å². The minimum Gasteiger partial charge on any atom is -0.492 e. The molecule has 3 heteroatoms. The van der Waals surface area contributed by atoms with Crippen LogP contribution < -0.4 is 4.74 Å². The second kappa shape index (κ2) is 8.30. The van der Waals surface area contributed by atoms with E-state index in [1.807, 2.05) is 6.07 Å². The van der Waals surface area contributed by atoms with E-state index >= 15 is 0 Å². The predicted octanol–water partition coefficient (Wildman–Crippen LogP) is 5.52. The maximum Gasteiger partial charge on any atom is 0.119 e. The van der Waals surface area contributed by atoms with Crippen molar-refractivity contribution in [2.24, 2.45) is 0 Å². The topological polar surface area (TPSA) is 27.1 Å². The van der Waals surface area contributed by atoms with Crippen molar-refractivity contribution >= 4 is 11.0 Å². The Kier molecular flexibility index (Phi) is 5.43. The number of fused-ring (bicyclic) bond motifs is 1. The highest BCUT2D eigenvalue weighted by Gasteiger charge is 2.11. The smallest absolute Gasteiger partial charge is 0.119 e. The highest BCUT2D eigenvalue weighted by Crippen LogP contribution is 2.19. The van der Waals surface area contributed by atoms with E-state index in [2.05, 4.69) is 85.1 Å². The van der Waals surface area contributed by atoms with Crippen LogP contribution in [0.5, 0.6) is 5.75 Å². The van der Waals surface area contributed by atoms with E-state index < -0.39 is 0 Å². The summed E-state index contributed by atoms with van der Waals surface area (Å²) < 4.78 is 8.37. The molecule has 1 aromatic heterocycles. The number of hydrogen-bond donors (Lipinski definition) is 0. The summed E-state index contributed by atoms with van der Waals surface area (Å²) in [5.41, 5.74) is 6.03. The molecule has 0 spiro atoms. The van der Waals surface area contributed by atoms with Crippen molar-refractivity contribution < 1.29 is 4.74 Å². The lowest BCUT2D eigenvalue weighted by Crippen LogP contribution is -2.12. The molecule has 0 amide bonds. The van der Waals surface area contributed by atoms with Gasteiger partial charge in [-0.25, -0.2) is 4.98 Å². The number of rotatable bonds is 7. The quantitative estimate of drug-likeness (QED) is 0.428. The van der Waals surface area contributed by atoms with Gasteiger partial charge < -0.3 is 9.30 Å². The van der Waals surface area contributed by atoms with Gasteiger partial charge in [0.15, 0.2) is 0 Å². The lowest BCUT2D eigenvalue weighted by Gasteiger charge is -2.12. The van der Waals surface area contributed by atoms with Crippen molar-refractivity contribution in [3.63, 3.8) is 0 Å². The second-order valence-electron chi connectivity index (χ2n) is 7.33. The number of hydrogen-bond acceptors (Lipinski definition) is 2. The van der Waals surface area contributed by atoms with Crippen LogP contribution in [0, 0.1) is 13.8 Å². The first kappa shape index (κ1) is 18.3. The van der Waals surface area contributed by atoms with Gasteiger partial charge in [-0.05, 0) is 61.2 Å². The molecular weight excluding hydrogens is 344 g/mol. The van der Waals surface area contributed by atoms with Crippen LogP contribution in [-0.4, -0.2) is 16.2 Å². The first-order chi connectivity index (χ1) is 13.7. The predicted molar refractivity (Wildman–Crippen MR) is 115 cm³/mol. The number of para-hydroxylation sites is 2. The molecule has 0 saturated carbocycles. The van der Waals surface area contributed by atoms with Gasteiger partial charge in [0.2, 0.25) is 0 Å². The fourth-order valence-electron chi connectivity index (χ4n) is 3.74. The molecule has 4 rings (SSSR count). The standard InChI is InChI=1S/C25H26N2O/c1-19-16-20(2)18-22(17-19)28-15-14-27-24-11-7-6-10-23(24)26-25(27)13-12-21-8-4-3-5-9-21/h3-11,16-18H,12-15H2,1-2H3. The van der Waals surface area contributed by atoms with Crippen LogP contribution in [0.3, 0.4) is 0 Å². The first-order valence-corrected chi connectivity index (χ1v) is 9.88. The highest BCUT2D eigenvalue weighted by molar-refractivity contribution is 5.75. The Morgan fingerprint density at radius 1 is 0.821 bits per heavy atom. The second-order valence-corrected chi connectivity index (χ2v) is 7.33. The molecule has 142 valence electrons. The van der Waals surface area contributed by atoms with Gasteiger partial charge in [0.1, 0.15) is 18.2 Å². The van der Waals surface area contributed by atoms with Crippen LogP contribution in [0.25, 0.3) is 11.0 Å². The molecule has 0 aliphatic heterocycles. The van der Waals surface area contributed by atoms with E-state index in [0.29, 0.717) is 6.61 Å². The van der Waals surface area contributed by atoms with Crippen LogP contribution in [-0.2, 0) is 19.4 Å². The van der Waals surface area contributed by atoms with Crippen LogP contribution in [0.2, 0.25) is 0 Å². The highest BCUT2D eigenvalue weighted by atomic mass is 16.5. The summed E-state index contributed by atoms with van der Waals surface area (Å²) in [5, 5.41) is 0. The number of aromatic nitrogens is 2. The van der Waals surface area contributed by atoms with Gasteiger partial charge in [0.25, 0.3) is 0 Å². The Morgan fingerprint density at radius 3 is 2.32 bits per heavy atom. The molecule has 0 radical (unpaired) electrons. The lowest BCUT2D eigenvalue weighted by atomic mass is 10.1. The third-order valence-electron chi connectivity index (χ3n) is 4.99. The van der Waals surface area contributed by atoms with E-state index in [0.717, 1.165) is 36.5 Å². The Morgan fingerprint density at radius 2 is 1.54 bits per heavy atom. The normalized spacial score (nSPS) is 11.1. The van der Waals surface area contributed by atoms with Gasteiger partial charge in [-0.15, -0.1) is 0 Å². The van der Waals surface area contributed by atoms with E-state index in [9.17, 15) is 0 Å². The Hall–Kier alpha value is -3.07. The Bertz CT molecular complexity index is 1050. The number of benzene rings is 3. The largest absolute Gasteiger partial charge is 0.492 e. The van der Waals surface area contributed by atoms with E-state index in [-0.39, 0.29) is 0 Å². The SMILES string of the molecule is Cc1cc(C)cc(OCCn2c(CCc3ccccc3)nc3ccccc32)c1. The van der Waals surface area contributed by atoms with Gasteiger partial charge in [-0.1, -0.05) is 48.5 Å². The average Bonchev–Trinajstić information content (AvgIpc) is 3.04. The van der Waals surface area contributed by atoms with E-state index in [1.54, 1.807) is 0 Å². The summed E-state index contributed by atoms with van der Waals surface area (Å²) in [5.74, 6) is 2.06. The third-order valence-corrected chi connectivity index (χ3v) is 4.99. The van der Waals surface area contributed by atoms with E-state index in [1.165, 1.54) is 22.2 Å². The molecule has 3 aromatic carbocycles.